The van der Waals surface area contributed by atoms with Crippen molar-refractivity contribution in [2.75, 3.05) is 32.1 Å². The number of rotatable bonds is 4. The average molecular weight is 304 g/mol. The highest BCUT2D eigenvalue weighted by Crippen LogP contribution is 2.25. The number of ether oxygens (including phenoxy) is 1. The number of thiazole rings is 1. The number of nitrogens with zero attached hydrogens (tertiary/aromatic N) is 3. The molecule has 6 heteroatoms. The Morgan fingerprint density at radius 1 is 1.48 bits per heavy atom. The van der Waals surface area contributed by atoms with Crippen LogP contribution in [0, 0.1) is 6.92 Å². The molecule has 0 amide bonds. The Morgan fingerprint density at radius 3 is 3.14 bits per heavy atom. The minimum atomic E-state index is 0.0404. The molecule has 0 aliphatic carbocycles. The fourth-order valence-corrected chi connectivity index (χ4v) is 3.21. The van der Waals surface area contributed by atoms with Gasteiger partial charge in [-0.25, -0.2) is 0 Å². The van der Waals surface area contributed by atoms with Crippen LogP contribution >= 0.6 is 11.3 Å². The minimum absolute atomic E-state index is 0.0404. The van der Waals surface area contributed by atoms with Crippen LogP contribution in [0.5, 0.6) is 0 Å². The third kappa shape index (κ3) is 3.58. The fourth-order valence-electron chi connectivity index (χ4n) is 2.57. The number of anilines is 1. The van der Waals surface area contributed by atoms with Gasteiger partial charge in [0.2, 0.25) is 0 Å². The van der Waals surface area contributed by atoms with Gasteiger partial charge in [0.15, 0.2) is 0 Å². The molecule has 112 valence electrons. The van der Waals surface area contributed by atoms with Crippen LogP contribution in [-0.2, 0) is 11.3 Å². The normalized spacial score (nSPS) is 19.6. The summed E-state index contributed by atoms with van der Waals surface area (Å²) in [4.78, 5) is 12.5. The molecule has 3 heterocycles. The lowest BCUT2D eigenvalue weighted by Crippen LogP contribution is -2.38. The van der Waals surface area contributed by atoms with Crippen LogP contribution in [0.25, 0.3) is 0 Å². The van der Waals surface area contributed by atoms with Gasteiger partial charge in [0.05, 0.1) is 17.8 Å². The van der Waals surface area contributed by atoms with Gasteiger partial charge in [-0.1, -0.05) is 0 Å². The number of pyridine rings is 1. The first kappa shape index (κ1) is 14.4. The van der Waals surface area contributed by atoms with Crippen LogP contribution < -0.4 is 5.32 Å². The highest BCUT2D eigenvalue weighted by Gasteiger charge is 2.23. The second-order valence-electron chi connectivity index (χ2n) is 5.23. The summed E-state index contributed by atoms with van der Waals surface area (Å²) in [6.07, 6.45) is 1.98. The van der Waals surface area contributed by atoms with Gasteiger partial charge in [-0.2, -0.15) is 0 Å². The van der Waals surface area contributed by atoms with E-state index in [0.717, 1.165) is 43.3 Å². The molecule has 0 aromatic carbocycles. The van der Waals surface area contributed by atoms with Crippen LogP contribution in [0.15, 0.2) is 23.8 Å². The Balaban J connectivity index is 1.72. The number of aromatic nitrogens is 2. The van der Waals surface area contributed by atoms with E-state index in [1.54, 1.807) is 11.3 Å². The number of nitrogens with one attached hydrogen (secondary N) is 1. The molecule has 1 aliphatic heterocycles. The number of hydrogen-bond donors (Lipinski definition) is 1. The predicted octanol–water partition coefficient (Wildman–Crippen LogP) is 2.46. The zero-order valence-corrected chi connectivity index (χ0v) is 13.2. The SMILES string of the molecule is CNc1cc(C)nc([C@@H]2CN(Cc3cncs3)CCO2)c1. The Hall–Kier alpha value is -1.50. The van der Waals surface area contributed by atoms with E-state index in [1.165, 1.54) is 4.88 Å². The molecule has 1 fully saturated rings. The second-order valence-corrected chi connectivity index (χ2v) is 6.21. The van der Waals surface area contributed by atoms with Gasteiger partial charge in [0, 0.05) is 49.1 Å². The molecule has 2 aromatic heterocycles. The van der Waals surface area contributed by atoms with Crippen molar-refractivity contribution in [1.82, 2.24) is 14.9 Å². The molecule has 1 N–H and O–H groups in total. The van der Waals surface area contributed by atoms with E-state index in [0.29, 0.717) is 0 Å². The van der Waals surface area contributed by atoms with Crippen molar-refractivity contribution in [3.63, 3.8) is 0 Å². The molecule has 21 heavy (non-hydrogen) atoms. The molecule has 0 unspecified atom stereocenters. The first-order valence-electron chi connectivity index (χ1n) is 7.12. The molecule has 1 aliphatic rings. The summed E-state index contributed by atoms with van der Waals surface area (Å²) in [6, 6.07) is 4.12. The second kappa shape index (κ2) is 6.51. The Kier molecular flexibility index (Phi) is 4.48. The van der Waals surface area contributed by atoms with Gasteiger partial charge in [-0.05, 0) is 19.1 Å². The van der Waals surface area contributed by atoms with Crippen molar-refractivity contribution in [3.05, 3.63) is 40.1 Å². The highest BCUT2D eigenvalue weighted by atomic mass is 32.1. The third-order valence-electron chi connectivity index (χ3n) is 3.61. The fraction of sp³-hybridized carbons (Fsp3) is 0.467. The largest absolute Gasteiger partial charge is 0.388 e. The average Bonchev–Trinajstić information content (AvgIpc) is 3.00. The molecule has 5 nitrogen and oxygen atoms in total. The molecule has 0 bridgehead atoms. The maximum absolute atomic E-state index is 5.92. The van der Waals surface area contributed by atoms with Gasteiger partial charge >= 0.3 is 0 Å². The van der Waals surface area contributed by atoms with E-state index >= 15 is 0 Å². The van der Waals surface area contributed by atoms with E-state index in [2.05, 4.69) is 26.3 Å². The summed E-state index contributed by atoms with van der Waals surface area (Å²) in [7, 11) is 1.93. The lowest BCUT2D eigenvalue weighted by molar-refractivity contribution is -0.0347. The van der Waals surface area contributed by atoms with Gasteiger partial charge in [0.1, 0.15) is 6.10 Å². The standard InChI is InChI=1S/C15H20N4OS/c1-11-5-12(16-2)6-14(18-11)15-9-19(3-4-20-15)8-13-7-17-10-21-13/h5-7,10,15H,3-4,8-9H2,1-2H3,(H,16,18)/t15-/m0/s1. The van der Waals surface area contributed by atoms with Crippen molar-refractivity contribution in [1.29, 1.82) is 0 Å². The van der Waals surface area contributed by atoms with Crippen molar-refractivity contribution >= 4 is 17.0 Å². The zero-order chi connectivity index (χ0) is 14.7. The van der Waals surface area contributed by atoms with E-state index < -0.39 is 0 Å². The molecule has 0 spiro atoms. The molecule has 1 atom stereocenters. The molecule has 0 radical (unpaired) electrons. The van der Waals surface area contributed by atoms with Crippen molar-refractivity contribution in [2.24, 2.45) is 0 Å². The van der Waals surface area contributed by atoms with Gasteiger partial charge in [-0.3, -0.25) is 14.9 Å². The first-order valence-corrected chi connectivity index (χ1v) is 8.00. The molecule has 3 rings (SSSR count). The Morgan fingerprint density at radius 2 is 2.38 bits per heavy atom. The maximum Gasteiger partial charge on any atom is 0.112 e. The summed E-state index contributed by atoms with van der Waals surface area (Å²) in [5.41, 5.74) is 4.99. The Labute approximate surface area is 129 Å². The summed E-state index contributed by atoms with van der Waals surface area (Å²) in [6.45, 7) is 5.53. The lowest BCUT2D eigenvalue weighted by atomic mass is 10.1. The van der Waals surface area contributed by atoms with Crippen LogP contribution in [0.2, 0.25) is 0 Å². The lowest BCUT2D eigenvalue weighted by Gasteiger charge is -2.32. The molecule has 0 saturated carbocycles. The number of hydrogen-bond acceptors (Lipinski definition) is 6. The van der Waals surface area contributed by atoms with Crippen LogP contribution in [-0.4, -0.2) is 41.6 Å². The quantitative estimate of drug-likeness (QED) is 0.940. The summed E-state index contributed by atoms with van der Waals surface area (Å²) >= 11 is 1.70. The zero-order valence-electron chi connectivity index (χ0n) is 12.4. The summed E-state index contributed by atoms with van der Waals surface area (Å²) in [5.74, 6) is 0. The maximum atomic E-state index is 5.92. The summed E-state index contributed by atoms with van der Waals surface area (Å²) in [5, 5.41) is 3.18. The summed E-state index contributed by atoms with van der Waals surface area (Å²) < 4.78 is 5.92. The van der Waals surface area contributed by atoms with Gasteiger partial charge in [-0.15, -0.1) is 11.3 Å². The van der Waals surface area contributed by atoms with Crippen LogP contribution in [0.1, 0.15) is 22.4 Å². The van der Waals surface area contributed by atoms with E-state index in [1.807, 2.05) is 31.7 Å². The van der Waals surface area contributed by atoms with Crippen LogP contribution in [0.4, 0.5) is 5.69 Å². The molecule has 2 aromatic rings. The molecular formula is C15H20N4OS. The highest BCUT2D eigenvalue weighted by molar-refractivity contribution is 7.09. The first-order chi connectivity index (χ1) is 10.2. The smallest absolute Gasteiger partial charge is 0.112 e. The topological polar surface area (TPSA) is 50.3 Å². The van der Waals surface area contributed by atoms with E-state index in [9.17, 15) is 0 Å². The Bertz CT molecular complexity index is 587. The van der Waals surface area contributed by atoms with Crippen molar-refractivity contribution in [3.8, 4) is 0 Å². The third-order valence-corrected chi connectivity index (χ3v) is 4.37. The predicted molar refractivity (Wildman–Crippen MR) is 84.6 cm³/mol. The van der Waals surface area contributed by atoms with Gasteiger partial charge < -0.3 is 10.1 Å². The molecule has 1 saturated heterocycles. The molecular weight excluding hydrogens is 284 g/mol. The van der Waals surface area contributed by atoms with E-state index in [4.69, 9.17) is 4.74 Å². The van der Waals surface area contributed by atoms with Crippen LogP contribution in [0.3, 0.4) is 0 Å². The monoisotopic (exact) mass is 304 g/mol. The van der Waals surface area contributed by atoms with E-state index in [-0.39, 0.29) is 6.10 Å². The number of aryl methyl sites for hydroxylation is 1. The minimum Gasteiger partial charge on any atom is -0.388 e. The van der Waals surface area contributed by atoms with Crippen molar-refractivity contribution < 1.29 is 4.74 Å². The number of morpholine rings is 1. The van der Waals surface area contributed by atoms with Crippen molar-refractivity contribution in [2.45, 2.75) is 19.6 Å². The van der Waals surface area contributed by atoms with Gasteiger partial charge in [0.25, 0.3) is 0 Å².